The summed E-state index contributed by atoms with van der Waals surface area (Å²) < 4.78 is 10.8. The van der Waals surface area contributed by atoms with E-state index in [0.717, 1.165) is 43.6 Å². The number of nitrogens with one attached hydrogen (secondary N) is 2. The van der Waals surface area contributed by atoms with Gasteiger partial charge in [0.2, 0.25) is 0 Å². The monoisotopic (exact) mass is 380 g/mol. The molecule has 1 amide bonds. The number of hydrogen-bond acceptors (Lipinski definition) is 3. The summed E-state index contributed by atoms with van der Waals surface area (Å²) in [6.45, 7) is 4.44. The first kappa shape index (κ1) is 18.4. The fourth-order valence-corrected chi connectivity index (χ4v) is 3.90. The van der Waals surface area contributed by atoms with Gasteiger partial charge in [-0.3, -0.25) is 4.79 Å². The second kappa shape index (κ2) is 7.94. The van der Waals surface area contributed by atoms with Gasteiger partial charge in [0.15, 0.2) is 11.5 Å². The lowest BCUT2D eigenvalue weighted by Gasteiger charge is -2.32. The third-order valence-corrected chi connectivity index (χ3v) is 5.43. The van der Waals surface area contributed by atoms with Crippen molar-refractivity contribution in [2.24, 2.45) is 0 Å². The van der Waals surface area contributed by atoms with Crippen LogP contribution >= 0.6 is 0 Å². The molecule has 3 aromatic rings. The average Bonchev–Trinajstić information content (AvgIpc) is 3.18. The van der Waals surface area contributed by atoms with Crippen LogP contribution < -0.4 is 14.4 Å². The summed E-state index contributed by atoms with van der Waals surface area (Å²) in [7, 11) is 3.22. The highest BCUT2D eigenvalue weighted by atomic mass is 16.5. The van der Waals surface area contributed by atoms with Gasteiger partial charge >= 0.3 is 0 Å². The molecule has 1 aliphatic heterocycles. The van der Waals surface area contributed by atoms with Crippen molar-refractivity contribution < 1.29 is 19.2 Å². The van der Waals surface area contributed by atoms with Crippen LogP contribution in [-0.2, 0) is 6.54 Å². The number of aromatic amines is 1. The first-order chi connectivity index (χ1) is 13.7. The molecule has 0 atom stereocenters. The third-order valence-electron chi connectivity index (χ3n) is 5.43. The lowest BCUT2D eigenvalue weighted by molar-refractivity contribution is -0.917. The fourth-order valence-electron chi connectivity index (χ4n) is 3.90. The standard InChI is InChI=1S/C22H25N3O3/c1-27-20-9-8-18-17(21(20)28-2)14-19(23-18)22(26)25-12-10-24(11-13-25)15-16-6-4-3-5-7-16/h3-9,14,23H,10-13,15H2,1-2H3/p+1. The van der Waals surface area contributed by atoms with Crippen LogP contribution in [0, 0.1) is 0 Å². The first-order valence-electron chi connectivity index (χ1n) is 9.60. The van der Waals surface area contributed by atoms with Gasteiger partial charge < -0.3 is 24.3 Å². The molecule has 0 aliphatic carbocycles. The van der Waals surface area contributed by atoms with Crippen LogP contribution in [0.25, 0.3) is 10.9 Å². The molecule has 6 heteroatoms. The van der Waals surface area contributed by atoms with Crippen molar-refractivity contribution in [3.05, 3.63) is 59.8 Å². The molecule has 6 nitrogen and oxygen atoms in total. The summed E-state index contributed by atoms with van der Waals surface area (Å²) in [5.74, 6) is 1.34. The lowest BCUT2D eigenvalue weighted by atomic mass is 10.2. The van der Waals surface area contributed by atoms with Gasteiger partial charge in [-0.15, -0.1) is 0 Å². The van der Waals surface area contributed by atoms with E-state index in [4.69, 9.17) is 9.47 Å². The number of carbonyl (C=O) groups excluding carboxylic acids is 1. The highest BCUT2D eigenvalue weighted by Gasteiger charge is 2.26. The van der Waals surface area contributed by atoms with E-state index in [1.165, 1.54) is 10.5 Å². The normalized spacial score (nSPS) is 15.0. The van der Waals surface area contributed by atoms with Crippen molar-refractivity contribution in [2.75, 3.05) is 40.4 Å². The van der Waals surface area contributed by atoms with E-state index in [-0.39, 0.29) is 5.91 Å². The molecule has 0 unspecified atom stereocenters. The highest BCUT2D eigenvalue weighted by molar-refractivity contribution is 6.00. The Balaban J connectivity index is 1.45. The molecule has 2 heterocycles. The van der Waals surface area contributed by atoms with E-state index in [0.29, 0.717) is 17.2 Å². The number of nitrogens with zero attached hydrogens (tertiary/aromatic N) is 1. The number of quaternary nitrogens is 1. The van der Waals surface area contributed by atoms with Crippen molar-refractivity contribution >= 4 is 16.8 Å². The van der Waals surface area contributed by atoms with Crippen LogP contribution in [-0.4, -0.2) is 56.2 Å². The second-order valence-corrected chi connectivity index (χ2v) is 7.15. The summed E-state index contributed by atoms with van der Waals surface area (Å²) >= 11 is 0. The molecular formula is C22H26N3O3+. The molecule has 0 spiro atoms. The minimum atomic E-state index is 0.0379. The van der Waals surface area contributed by atoms with Gasteiger partial charge in [0, 0.05) is 10.9 Å². The Morgan fingerprint density at radius 1 is 1.07 bits per heavy atom. The Bertz CT molecular complexity index is 960. The predicted octanol–water partition coefficient (Wildman–Crippen LogP) is 1.73. The van der Waals surface area contributed by atoms with Crippen LogP contribution in [0.5, 0.6) is 11.5 Å². The van der Waals surface area contributed by atoms with Gasteiger partial charge in [0.05, 0.1) is 45.9 Å². The molecule has 4 rings (SSSR count). The third kappa shape index (κ3) is 3.55. The molecule has 1 aromatic heterocycles. The molecule has 28 heavy (non-hydrogen) atoms. The Hall–Kier alpha value is -2.99. The quantitative estimate of drug-likeness (QED) is 0.709. The van der Waals surface area contributed by atoms with Gasteiger partial charge in [-0.2, -0.15) is 0 Å². The number of hydrogen-bond donors (Lipinski definition) is 2. The number of H-pyrrole nitrogens is 1. The van der Waals surface area contributed by atoms with Crippen LogP contribution in [0.3, 0.4) is 0 Å². The Morgan fingerprint density at radius 3 is 2.50 bits per heavy atom. The highest BCUT2D eigenvalue weighted by Crippen LogP contribution is 2.35. The maximum atomic E-state index is 13.0. The zero-order valence-corrected chi connectivity index (χ0v) is 16.3. The fraction of sp³-hybridized carbons (Fsp3) is 0.318. The number of carbonyl (C=O) groups is 1. The number of rotatable bonds is 5. The maximum absolute atomic E-state index is 13.0. The van der Waals surface area contributed by atoms with Crippen LogP contribution in [0.4, 0.5) is 0 Å². The molecule has 1 saturated heterocycles. The summed E-state index contributed by atoms with van der Waals surface area (Å²) in [6.07, 6.45) is 0. The Morgan fingerprint density at radius 2 is 1.82 bits per heavy atom. The lowest BCUT2D eigenvalue weighted by Crippen LogP contribution is -3.13. The van der Waals surface area contributed by atoms with Crippen molar-refractivity contribution in [1.29, 1.82) is 0 Å². The zero-order valence-electron chi connectivity index (χ0n) is 16.3. The zero-order chi connectivity index (χ0) is 19.5. The van der Waals surface area contributed by atoms with Crippen LogP contribution in [0.2, 0.25) is 0 Å². The first-order valence-corrected chi connectivity index (χ1v) is 9.60. The van der Waals surface area contributed by atoms with Gasteiger partial charge in [-0.1, -0.05) is 30.3 Å². The van der Waals surface area contributed by atoms with E-state index in [9.17, 15) is 4.79 Å². The largest absolute Gasteiger partial charge is 0.493 e. The minimum absolute atomic E-state index is 0.0379. The van der Waals surface area contributed by atoms with Gasteiger partial charge in [-0.25, -0.2) is 0 Å². The van der Waals surface area contributed by atoms with Crippen molar-refractivity contribution in [1.82, 2.24) is 9.88 Å². The van der Waals surface area contributed by atoms with Crippen LogP contribution in [0.1, 0.15) is 16.1 Å². The summed E-state index contributed by atoms with van der Waals surface area (Å²) in [5.41, 5.74) is 2.80. The second-order valence-electron chi connectivity index (χ2n) is 7.15. The summed E-state index contributed by atoms with van der Waals surface area (Å²) in [5, 5.41) is 0.860. The topological polar surface area (TPSA) is 59.0 Å². The van der Waals surface area contributed by atoms with Crippen molar-refractivity contribution in [2.45, 2.75) is 6.54 Å². The number of piperazine rings is 1. The van der Waals surface area contributed by atoms with E-state index in [1.54, 1.807) is 14.2 Å². The number of benzene rings is 2. The summed E-state index contributed by atoms with van der Waals surface area (Å²) in [4.78, 5) is 19.7. The van der Waals surface area contributed by atoms with Gasteiger partial charge in [0.1, 0.15) is 12.2 Å². The molecule has 0 radical (unpaired) electrons. The predicted molar refractivity (Wildman–Crippen MR) is 108 cm³/mol. The number of ether oxygens (including phenoxy) is 2. The Kier molecular flexibility index (Phi) is 5.21. The number of aromatic nitrogens is 1. The SMILES string of the molecule is COc1ccc2[nH]c(C(=O)N3CC[NH+](Cc4ccccc4)CC3)cc2c1OC. The van der Waals surface area contributed by atoms with Crippen molar-refractivity contribution in [3.8, 4) is 11.5 Å². The molecule has 0 bridgehead atoms. The maximum Gasteiger partial charge on any atom is 0.270 e. The molecule has 1 fully saturated rings. The average molecular weight is 380 g/mol. The van der Waals surface area contributed by atoms with E-state index >= 15 is 0 Å². The van der Waals surface area contributed by atoms with Crippen molar-refractivity contribution in [3.63, 3.8) is 0 Å². The number of fused-ring (bicyclic) bond motifs is 1. The molecule has 1 aliphatic rings. The smallest absolute Gasteiger partial charge is 0.270 e. The van der Waals surface area contributed by atoms with Crippen LogP contribution in [0.15, 0.2) is 48.5 Å². The molecular weight excluding hydrogens is 354 g/mol. The number of amides is 1. The van der Waals surface area contributed by atoms with E-state index in [2.05, 4.69) is 29.2 Å². The number of methoxy groups -OCH3 is 2. The molecule has 2 N–H and O–H groups in total. The van der Waals surface area contributed by atoms with E-state index in [1.807, 2.05) is 29.2 Å². The summed E-state index contributed by atoms with van der Waals surface area (Å²) in [6, 6.07) is 16.1. The molecule has 2 aromatic carbocycles. The van der Waals surface area contributed by atoms with Gasteiger partial charge in [0.25, 0.3) is 5.91 Å². The molecule has 0 saturated carbocycles. The van der Waals surface area contributed by atoms with Gasteiger partial charge in [-0.05, 0) is 18.2 Å². The Labute approximate surface area is 164 Å². The van der Waals surface area contributed by atoms with E-state index < -0.39 is 0 Å². The molecule has 146 valence electrons. The minimum Gasteiger partial charge on any atom is -0.493 e.